The number of benzene rings is 2. The van der Waals surface area contributed by atoms with Gasteiger partial charge in [-0.1, -0.05) is 24.3 Å². The normalized spacial score (nSPS) is 19.4. The SMILES string of the molecule is CS(=O)(=O)N(CC(=O)NC1CC(c2cccc(F)c2)NN1)Cc1ccc(F)cc1. The van der Waals surface area contributed by atoms with E-state index in [4.69, 9.17) is 0 Å². The van der Waals surface area contributed by atoms with Gasteiger partial charge in [0, 0.05) is 19.0 Å². The van der Waals surface area contributed by atoms with Crippen molar-refractivity contribution < 1.29 is 22.0 Å². The van der Waals surface area contributed by atoms with Gasteiger partial charge < -0.3 is 5.32 Å². The van der Waals surface area contributed by atoms with Gasteiger partial charge in [0.1, 0.15) is 11.6 Å². The lowest BCUT2D eigenvalue weighted by Crippen LogP contribution is -2.48. The van der Waals surface area contributed by atoms with Gasteiger partial charge >= 0.3 is 0 Å². The predicted octanol–water partition coefficient (Wildman–Crippen LogP) is 1.41. The summed E-state index contributed by atoms with van der Waals surface area (Å²) < 4.78 is 51.5. The lowest BCUT2D eigenvalue weighted by molar-refractivity contribution is -0.122. The first-order valence-electron chi connectivity index (χ1n) is 8.96. The van der Waals surface area contributed by atoms with Gasteiger partial charge in [-0.15, -0.1) is 0 Å². The van der Waals surface area contributed by atoms with Gasteiger partial charge in [0.25, 0.3) is 0 Å². The summed E-state index contributed by atoms with van der Waals surface area (Å²) in [5, 5.41) is 2.72. The second kappa shape index (κ2) is 8.95. The summed E-state index contributed by atoms with van der Waals surface area (Å²) >= 11 is 0. The summed E-state index contributed by atoms with van der Waals surface area (Å²) in [6.07, 6.45) is 1.04. The van der Waals surface area contributed by atoms with Gasteiger partial charge in [-0.05, 0) is 35.4 Å². The molecular weight excluding hydrogens is 402 g/mol. The largest absolute Gasteiger partial charge is 0.338 e. The highest BCUT2D eigenvalue weighted by molar-refractivity contribution is 7.88. The molecule has 0 bridgehead atoms. The quantitative estimate of drug-likeness (QED) is 0.625. The molecule has 2 aromatic carbocycles. The molecule has 1 amide bonds. The molecule has 2 atom stereocenters. The van der Waals surface area contributed by atoms with Crippen LogP contribution in [-0.2, 0) is 21.4 Å². The zero-order chi connectivity index (χ0) is 21.0. The smallest absolute Gasteiger partial charge is 0.236 e. The van der Waals surface area contributed by atoms with E-state index in [-0.39, 0.29) is 24.9 Å². The Kier molecular flexibility index (Phi) is 6.58. The van der Waals surface area contributed by atoms with Gasteiger partial charge in [-0.3, -0.25) is 4.79 Å². The summed E-state index contributed by atoms with van der Waals surface area (Å²) in [6, 6.07) is 11.4. The highest BCUT2D eigenvalue weighted by atomic mass is 32.2. The Morgan fingerprint density at radius 2 is 1.86 bits per heavy atom. The van der Waals surface area contributed by atoms with Crippen LogP contribution < -0.4 is 16.2 Å². The van der Waals surface area contributed by atoms with Crippen molar-refractivity contribution in [3.63, 3.8) is 0 Å². The number of nitrogens with zero attached hydrogens (tertiary/aromatic N) is 1. The maximum atomic E-state index is 13.4. The highest BCUT2D eigenvalue weighted by Gasteiger charge is 2.28. The molecule has 1 saturated heterocycles. The molecule has 7 nitrogen and oxygen atoms in total. The number of hydrogen-bond donors (Lipinski definition) is 3. The van der Waals surface area contributed by atoms with E-state index < -0.39 is 27.9 Å². The molecule has 156 valence electrons. The molecule has 3 N–H and O–H groups in total. The Labute approximate surface area is 168 Å². The van der Waals surface area contributed by atoms with Crippen molar-refractivity contribution in [3.05, 3.63) is 71.3 Å². The standard InChI is InChI=1S/C19H22F2N4O3S/c1-29(27,28)25(11-13-5-7-15(20)8-6-13)12-19(26)22-18-10-17(23-24-18)14-3-2-4-16(21)9-14/h2-9,17-18,23-24H,10-12H2,1H3,(H,22,26). The van der Waals surface area contributed by atoms with E-state index in [0.717, 1.165) is 16.1 Å². The van der Waals surface area contributed by atoms with E-state index in [9.17, 15) is 22.0 Å². The third-order valence-electron chi connectivity index (χ3n) is 4.55. The molecule has 3 rings (SSSR count). The Hall–Kier alpha value is -2.40. The Balaban J connectivity index is 1.58. The van der Waals surface area contributed by atoms with Crippen molar-refractivity contribution >= 4 is 15.9 Å². The molecule has 1 heterocycles. The highest BCUT2D eigenvalue weighted by Crippen LogP contribution is 2.21. The molecule has 0 aromatic heterocycles. The minimum Gasteiger partial charge on any atom is -0.338 e. The number of rotatable bonds is 7. The van der Waals surface area contributed by atoms with Gasteiger partial charge in [0.15, 0.2) is 0 Å². The van der Waals surface area contributed by atoms with E-state index in [1.165, 1.54) is 36.4 Å². The number of sulfonamides is 1. The van der Waals surface area contributed by atoms with E-state index in [1.807, 2.05) is 0 Å². The Morgan fingerprint density at radius 3 is 2.52 bits per heavy atom. The second-order valence-corrected chi connectivity index (χ2v) is 8.89. The minimum atomic E-state index is -3.66. The lowest BCUT2D eigenvalue weighted by atomic mass is 10.0. The third kappa shape index (κ3) is 6.04. The lowest BCUT2D eigenvalue weighted by Gasteiger charge is -2.21. The van der Waals surface area contributed by atoms with Crippen LogP contribution in [-0.4, -0.2) is 37.6 Å². The second-order valence-electron chi connectivity index (χ2n) is 6.91. The van der Waals surface area contributed by atoms with E-state index in [0.29, 0.717) is 12.0 Å². The molecule has 0 saturated carbocycles. The summed E-state index contributed by atoms with van der Waals surface area (Å²) in [4.78, 5) is 12.4. The number of hydrogen-bond acceptors (Lipinski definition) is 5. The molecule has 1 aliphatic rings. The van der Waals surface area contributed by atoms with Gasteiger partial charge in [-0.2, -0.15) is 4.31 Å². The minimum absolute atomic E-state index is 0.0468. The van der Waals surface area contributed by atoms with Crippen LogP contribution in [0.5, 0.6) is 0 Å². The fourth-order valence-electron chi connectivity index (χ4n) is 3.08. The van der Waals surface area contributed by atoms with Crippen molar-refractivity contribution in [2.45, 2.75) is 25.2 Å². The first kappa shape index (κ1) is 21.3. The van der Waals surface area contributed by atoms with Gasteiger partial charge in [-0.25, -0.2) is 28.1 Å². The molecule has 0 aliphatic carbocycles. The topological polar surface area (TPSA) is 90.5 Å². The van der Waals surface area contributed by atoms with Crippen LogP contribution in [0, 0.1) is 11.6 Å². The van der Waals surface area contributed by atoms with Crippen LogP contribution in [0.2, 0.25) is 0 Å². The molecule has 1 aliphatic heterocycles. The molecule has 29 heavy (non-hydrogen) atoms. The predicted molar refractivity (Wildman–Crippen MR) is 104 cm³/mol. The zero-order valence-electron chi connectivity index (χ0n) is 15.7. The molecule has 1 fully saturated rings. The number of halogens is 2. The van der Waals surface area contributed by atoms with Gasteiger partial charge in [0.2, 0.25) is 15.9 Å². The molecular formula is C19H22F2N4O3S. The van der Waals surface area contributed by atoms with Crippen LogP contribution in [0.3, 0.4) is 0 Å². The van der Waals surface area contributed by atoms with E-state index in [2.05, 4.69) is 16.2 Å². The van der Waals surface area contributed by atoms with Crippen LogP contribution in [0.1, 0.15) is 23.6 Å². The number of hydrazine groups is 1. The first-order valence-corrected chi connectivity index (χ1v) is 10.8. The van der Waals surface area contributed by atoms with Crippen molar-refractivity contribution in [2.75, 3.05) is 12.8 Å². The van der Waals surface area contributed by atoms with Crippen molar-refractivity contribution in [1.29, 1.82) is 0 Å². The van der Waals surface area contributed by atoms with E-state index >= 15 is 0 Å². The van der Waals surface area contributed by atoms with Gasteiger partial charge in [0.05, 0.1) is 19.0 Å². The fraction of sp³-hybridized carbons (Fsp3) is 0.316. The number of nitrogens with one attached hydrogen (secondary N) is 3. The Bertz CT molecular complexity index is 970. The maximum absolute atomic E-state index is 13.4. The van der Waals surface area contributed by atoms with Crippen LogP contribution in [0.4, 0.5) is 8.78 Å². The Morgan fingerprint density at radius 1 is 1.14 bits per heavy atom. The molecule has 10 heteroatoms. The summed E-state index contributed by atoms with van der Waals surface area (Å²) in [7, 11) is -3.66. The zero-order valence-corrected chi connectivity index (χ0v) is 16.5. The molecule has 0 spiro atoms. The van der Waals surface area contributed by atoms with Crippen molar-refractivity contribution in [3.8, 4) is 0 Å². The van der Waals surface area contributed by atoms with E-state index in [1.54, 1.807) is 12.1 Å². The number of carbonyl (C=O) groups is 1. The molecule has 2 aromatic rings. The first-order chi connectivity index (χ1) is 13.7. The number of amides is 1. The fourth-order valence-corrected chi connectivity index (χ4v) is 3.81. The molecule has 0 radical (unpaired) electrons. The number of carbonyl (C=O) groups excluding carboxylic acids is 1. The van der Waals surface area contributed by atoms with Crippen LogP contribution in [0.25, 0.3) is 0 Å². The maximum Gasteiger partial charge on any atom is 0.236 e. The van der Waals surface area contributed by atoms with Crippen molar-refractivity contribution in [1.82, 2.24) is 20.5 Å². The van der Waals surface area contributed by atoms with Crippen molar-refractivity contribution in [2.24, 2.45) is 0 Å². The molecule has 2 unspecified atom stereocenters. The van der Waals surface area contributed by atoms with Crippen LogP contribution in [0.15, 0.2) is 48.5 Å². The summed E-state index contributed by atoms with van der Waals surface area (Å²) in [5.41, 5.74) is 7.20. The monoisotopic (exact) mass is 424 g/mol. The summed E-state index contributed by atoms with van der Waals surface area (Å²) in [6.45, 7) is -0.423. The average molecular weight is 424 g/mol. The summed E-state index contributed by atoms with van der Waals surface area (Å²) in [5.74, 6) is -1.26. The third-order valence-corrected chi connectivity index (χ3v) is 5.75. The average Bonchev–Trinajstić information content (AvgIpc) is 3.10. The van der Waals surface area contributed by atoms with Crippen LogP contribution >= 0.6 is 0 Å².